The Kier molecular flexibility index (Phi) is 7.01. The molecule has 0 aliphatic carbocycles. The fourth-order valence-corrected chi connectivity index (χ4v) is 1.13. The van der Waals surface area contributed by atoms with E-state index in [4.69, 9.17) is 4.74 Å². The first-order chi connectivity index (χ1) is 6.91. The maximum Gasteiger partial charge on any atom is 0.306 e. The Bertz CT molecular complexity index is 207. The second kappa shape index (κ2) is 7.43. The lowest BCUT2D eigenvalue weighted by atomic mass is 10.0. The first kappa shape index (κ1) is 14.1. The van der Waals surface area contributed by atoms with E-state index in [0.717, 1.165) is 0 Å². The molecule has 0 saturated heterocycles. The summed E-state index contributed by atoms with van der Waals surface area (Å²) in [6, 6.07) is 0. The molecule has 0 aromatic carbocycles. The third-order valence-electron chi connectivity index (χ3n) is 1.82. The highest BCUT2D eigenvalue weighted by atomic mass is 16.5. The fraction of sp³-hybridized carbons (Fsp3) is 0.833. The quantitative estimate of drug-likeness (QED) is 0.612. The van der Waals surface area contributed by atoms with Gasteiger partial charge in [0.1, 0.15) is 5.78 Å². The first-order valence-electron chi connectivity index (χ1n) is 5.59. The minimum atomic E-state index is -0.263. The summed E-state index contributed by atoms with van der Waals surface area (Å²) in [4.78, 5) is 22.5. The van der Waals surface area contributed by atoms with Crippen molar-refractivity contribution in [1.82, 2.24) is 0 Å². The molecule has 0 radical (unpaired) electrons. The molecule has 0 bridgehead atoms. The number of rotatable bonds is 7. The van der Waals surface area contributed by atoms with Gasteiger partial charge in [-0.25, -0.2) is 0 Å². The van der Waals surface area contributed by atoms with E-state index in [0.29, 0.717) is 31.3 Å². The highest BCUT2D eigenvalue weighted by molar-refractivity contribution is 5.82. The van der Waals surface area contributed by atoms with Crippen LogP contribution in [0.2, 0.25) is 0 Å². The Morgan fingerprint density at radius 2 is 1.60 bits per heavy atom. The van der Waals surface area contributed by atoms with Crippen LogP contribution in [-0.2, 0) is 14.3 Å². The number of Topliss-reactive ketones (excluding diaryl/α,β-unsaturated/α-hetero) is 1. The monoisotopic (exact) mass is 214 g/mol. The topological polar surface area (TPSA) is 43.4 Å². The van der Waals surface area contributed by atoms with Crippen LogP contribution >= 0.6 is 0 Å². The van der Waals surface area contributed by atoms with Crippen LogP contribution in [0.15, 0.2) is 0 Å². The van der Waals surface area contributed by atoms with Crippen LogP contribution in [0.1, 0.15) is 47.0 Å². The summed E-state index contributed by atoms with van der Waals surface area (Å²) >= 11 is 0. The summed E-state index contributed by atoms with van der Waals surface area (Å²) in [5.74, 6) is 0.594. The lowest BCUT2D eigenvalue weighted by molar-refractivity contribution is -0.145. The van der Waals surface area contributed by atoms with Gasteiger partial charge in [-0.15, -0.1) is 0 Å². The molecule has 0 fully saturated rings. The maximum absolute atomic E-state index is 11.3. The summed E-state index contributed by atoms with van der Waals surface area (Å²) in [7, 11) is 0. The zero-order valence-corrected chi connectivity index (χ0v) is 10.2. The van der Waals surface area contributed by atoms with Crippen molar-refractivity contribution in [3.8, 4) is 0 Å². The van der Waals surface area contributed by atoms with Crippen LogP contribution in [-0.4, -0.2) is 18.4 Å². The van der Waals surface area contributed by atoms with E-state index in [-0.39, 0.29) is 18.2 Å². The molecule has 0 unspecified atom stereocenters. The summed E-state index contributed by atoms with van der Waals surface area (Å²) in [5.41, 5.74) is 0. The third kappa shape index (κ3) is 9.44. The normalized spacial score (nSPS) is 10.8. The third-order valence-corrected chi connectivity index (χ3v) is 1.82. The Hall–Kier alpha value is -0.860. The molecule has 15 heavy (non-hydrogen) atoms. The van der Waals surface area contributed by atoms with Crippen molar-refractivity contribution in [2.24, 2.45) is 11.8 Å². The van der Waals surface area contributed by atoms with E-state index in [9.17, 15) is 9.59 Å². The van der Waals surface area contributed by atoms with Gasteiger partial charge >= 0.3 is 5.97 Å². The van der Waals surface area contributed by atoms with Gasteiger partial charge in [0.25, 0.3) is 0 Å². The molecule has 3 heteroatoms. The van der Waals surface area contributed by atoms with Gasteiger partial charge in [0.2, 0.25) is 0 Å². The number of hydrogen-bond acceptors (Lipinski definition) is 3. The minimum Gasteiger partial charge on any atom is -0.465 e. The lowest BCUT2D eigenvalue weighted by Gasteiger charge is -2.07. The highest BCUT2D eigenvalue weighted by Gasteiger charge is 2.09. The van der Waals surface area contributed by atoms with Gasteiger partial charge in [0.05, 0.1) is 13.0 Å². The maximum atomic E-state index is 11.3. The van der Waals surface area contributed by atoms with Gasteiger partial charge in [-0.2, -0.15) is 0 Å². The highest BCUT2D eigenvalue weighted by Crippen LogP contribution is 2.05. The molecule has 88 valence electrons. The second-order valence-electron chi connectivity index (χ2n) is 4.71. The van der Waals surface area contributed by atoms with Crippen molar-refractivity contribution in [3.63, 3.8) is 0 Å². The molecule has 3 nitrogen and oxygen atoms in total. The summed E-state index contributed by atoms with van der Waals surface area (Å²) in [6.07, 6.45) is 1.09. The van der Waals surface area contributed by atoms with Gasteiger partial charge in [-0.05, 0) is 11.8 Å². The van der Waals surface area contributed by atoms with Crippen LogP contribution < -0.4 is 0 Å². The zero-order chi connectivity index (χ0) is 11.8. The van der Waals surface area contributed by atoms with Crippen molar-refractivity contribution in [2.45, 2.75) is 47.0 Å². The molecule has 0 N–H and O–H groups in total. The Labute approximate surface area is 92.2 Å². The minimum absolute atomic E-state index is 0.145. The van der Waals surface area contributed by atoms with Crippen LogP contribution in [0.3, 0.4) is 0 Å². The fourth-order valence-electron chi connectivity index (χ4n) is 1.13. The van der Waals surface area contributed by atoms with Crippen molar-refractivity contribution in [2.75, 3.05) is 6.61 Å². The number of hydrogen-bond donors (Lipinski definition) is 0. The van der Waals surface area contributed by atoms with Crippen LogP contribution in [0, 0.1) is 11.8 Å². The largest absolute Gasteiger partial charge is 0.465 e. The molecule has 0 amide bonds. The van der Waals surface area contributed by atoms with Crippen LogP contribution in [0.25, 0.3) is 0 Å². The number of carbonyl (C=O) groups excluding carboxylic acids is 2. The SMILES string of the molecule is CC(C)COC(=O)CCC(=O)CC(C)C. The molecule has 0 aromatic heterocycles. The molecule has 0 rings (SSSR count). The standard InChI is InChI=1S/C12H22O3/c1-9(2)7-11(13)5-6-12(14)15-8-10(3)4/h9-10H,5-8H2,1-4H3. The molecule has 0 saturated carbocycles. The average molecular weight is 214 g/mol. The van der Waals surface area contributed by atoms with Crippen molar-refractivity contribution >= 4 is 11.8 Å². The molecule has 0 aliphatic rings. The summed E-state index contributed by atoms with van der Waals surface area (Å²) < 4.78 is 4.97. The number of ether oxygens (including phenoxy) is 1. The molecule has 0 spiro atoms. The van der Waals surface area contributed by atoms with Crippen molar-refractivity contribution in [3.05, 3.63) is 0 Å². The second-order valence-corrected chi connectivity index (χ2v) is 4.71. The van der Waals surface area contributed by atoms with E-state index in [2.05, 4.69) is 0 Å². The van der Waals surface area contributed by atoms with Gasteiger partial charge in [0.15, 0.2) is 0 Å². The smallest absolute Gasteiger partial charge is 0.306 e. The van der Waals surface area contributed by atoms with E-state index in [1.165, 1.54) is 0 Å². The van der Waals surface area contributed by atoms with E-state index in [1.807, 2.05) is 27.7 Å². The molecule has 0 aliphatic heterocycles. The molecule has 0 heterocycles. The predicted molar refractivity (Wildman–Crippen MR) is 59.5 cm³/mol. The van der Waals surface area contributed by atoms with E-state index in [1.54, 1.807) is 0 Å². The van der Waals surface area contributed by atoms with Crippen molar-refractivity contribution < 1.29 is 14.3 Å². The molecule has 0 atom stereocenters. The van der Waals surface area contributed by atoms with Crippen LogP contribution in [0.4, 0.5) is 0 Å². The number of ketones is 1. The van der Waals surface area contributed by atoms with Crippen LogP contribution in [0.5, 0.6) is 0 Å². The predicted octanol–water partition coefficient (Wildman–Crippen LogP) is 2.58. The summed E-state index contributed by atoms with van der Waals surface area (Å²) in [6.45, 7) is 8.40. The lowest BCUT2D eigenvalue weighted by Crippen LogP contribution is -2.12. The molecular weight excluding hydrogens is 192 g/mol. The Morgan fingerprint density at radius 3 is 2.07 bits per heavy atom. The first-order valence-corrected chi connectivity index (χ1v) is 5.59. The number of carbonyl (C=O) groups is 2. The van der Waals surface area contributed by atoms with Gasteiger partial charge in [-0.3, -0.25) is 9.59 Å². The average Bonchev–Trinajstić information content (AvgIpc) is 2.10. The molecule has 0 aromatic rings. The van der Waals surface area contributed by atoms with Gasteiger partial charge in [-0.1, -0.05) is 27.7 Å². The Balaban J connectivity index is 3.58. The van der Waals surface area contributed by atoms with Gasteiger partial charge in [0, 0.05) is 12.8 Å². The van der Waals surface area contributed by atoms with Gasteiger partial charge < -0.3 is 4.74 Å². The summed E-state index contributed by atoms with van der Waals surface area (Å²) in [5, 5.41) is 0. The zero-order valence-electron chi connectivity index (χ0n) is 10.2. The van der Waals surface area contributed by atoms with E-state index >= 15 is 0 Å². The number of esters is 1. The molecular formula is C12H22O3. The van der Waals surface area contributed by atoms with Crippen molar-refractivity contribution in [1.29, 1.82) is 0 Å². The Morgan fingerprint density at radius 1 is 1.00 bits per heavy atom. The van der Waals surface area contributed by atoms with E-state index < -0.39 is 0 Å².